The van der Waals surface area contributed by atoms with Crippen molar-refractivity contribution in [1.82, 2.24) is 0 Å². The summed E-state index contributed by atoms with van der Waals surface area (Å²) in [6, 6.07) is 0. The van der Waals surface area contributed by atoms with Crippen molar-refractivity contribution in [3.05, 3.63) is 0 Å². The summed E-state index contributed by atoms with van der Waals surface area (Å²) >= 11 is 0. The first-order chi connectivity index (χ1) is 8.25. The van der Waals surface area contributed by atoms with E-state index in [2.05, 4.69) is 13.8 Å². The Hall–Kier alpha value is -0.330. The molecule has 1 fully saturated rings. The lowest BCUT2D eigenvalue weighted by Gasteiger charge is -2.13. The summed E-state index contributed by atoms with van der Waals surface area (Å²) in [5.74, 6) is 1.58. The second kappa shape index (κ2) is 8.72. The Balaban J connectivity index is 1.89. The number of carbonyl (C=O) groups excluding carboxylic acids is 1. The van der Waals surface area contributed by atoms with Crippen molar-refractivity contribution >= 4 is 5.78 Å². The van der Waals surface area contributed by atoms with E-state index in [-0.39, 0.29) is 0 Å². The number of rotatable bonds is 9. The summed E-state index contributed by atoms with van der Waals surface area (Å²) in [4.78, 5) is 11.4. The van der Waals surface area contributed by atoms with E-state index in [9.17, 15) is 4.79 Å². The minimum absolute atomic E-state index is 0.361. The highest BCUT2D eigenvalue weighted by molar-refractivity contribution is 5.82. The van der Waals surface area contributed by atoms with E-state index in [0.717, 1.165) is 12.8 Å². The molecule has 1 nitrogen and oxygen atoms in total. The fourth-order valence-corrected chi connectivity index (χ4v) is 3.00. The second-order valence-electron chi connectivity index (χ2n) is 5.82. The Morgan fingerprint density at radius 3 is 2.12 bits per heavy atom. The predicted molar refractivity (Wildman–Crippen MR) is 74.1 cm³/mol. The number of Topliss-reactive ketones (excluding diaryl/α,β-unsaturated/α-hetero) is 1. The first-order valence-electron chi connectivity index (χ1n) is 7.78. The fraction of sp³-hybridized carbons (Fsp3) is 0.938. The van der Waals surface area contributed by atoms with Crippen LogP contribution in [0, 0.1) is 11.8 Å². The number of hydrogen-bond donors (Lipinski definition) is 0. The molecule has 17 heavy (non-hydrogen) atoms. The lowest BCUT2D eigenvalue weighted by atomic mass is 9.91. The average molecular weight is 238 g/mol. The minimum Gasteiger partial charge on any atom is -0.299 e. The van der Waals surface area contributed by atoms with Crippen LogP contribution < -0.4 is 0 Å². The zero-order chi connectivity index (χ0) is 12.5. The molecule has 1 aliphatic rings. The van der Waals surface area contributed by atoms with Gasteiger partial charge in [0.25, 0.3) is 0 Å². The predicted octanol–water partition coefficient (Wildman–Crippen LogP) is 5.13. The molecule has 0 spiro atoms. The van der Waals surface area contributed by atoms with Crippen molar-refractivity contribution < 1.29 is 4.79 Å². The highest BCUT2D eigenvalue weighted by atomic mass is 16.1. The highest BCUT2D eigenvalue weighted by Crippen LogP contribution is 2.32. The van der Waals surface area contributed by atoms with Crippen LogP contribution in [0.2, 0.25) is 0 Å². The molecule has 0 bridgehead atoms. The lowest BCUT2D eigenvalue weighted by molar-refractivity contribution is -0.120. The molecule has 0 aromatic rings. The van der Waals surface area contributed by atoms with Gasteiger partial charge in [0.2, 0.25) is 0 Å². The van der Waals surface area contributed by atoms with Crippen molar-refractivity contribution in [2.45, 2.75) is 84.5 Å². The van der Waals surface area contributed by atoms with E-state index in [0.29, 0.717) is 17.6 Å². The summed E-state index contributed by atoms with van der Waals surface area (Å²) in [5.41, 5.74) is 0. The Labute approximate surface area is 107 Å². The van der Waals surface area contributed by atoms with Gasteiger partial charge < -0.3 is 0 Å². The maximum atomic E-state index is 11.4. The van der Waals surface area contributed by atoms with Gasteiger partial charge in [0.15, 0.2) is 0 Å². The molecular weight excluding hydrogens is 208 g/mol. The maximum absolute atomic E-state index is 11.4. The van der Waals surface area contributed by atoms with Crippen LogP contribution in [0.15, 0.2) is 0 Å². The van der Waals surface area contributed by atoms with Crippen LogP contribution >= 0.6 is 0 Å². The maximum Gasteiger partial charge on any atom is 0.135 e. The molecule has 0 heterocycles. The van der Waals surface area contributed by atoms with E-state index in [1.165, 1.54) is 57.8 Å². The normalized spacial score (nSPS) is 24.5. The van der Waals surface area contributed by atoms with Gasteiger partial charge in [-0.05, 0) is 18.8 Å². The molecule has 2 atom stereocenters. The SMILES string of the molecule is CCCCCCCCCCC1CCC(=O)C1C. The van der Waals surface area contributed by atoms with Gasteiger partial charge in [0, 0.05) is 12.3 Å². The molecule has 0 amide bonds. The summed E-state index contributed by atoms with van der Waals surface area (Å²) in [7, 11) is 0. The lowest BCUT2D eigenvalue weighted by Crippen LogP contribution is -2.10. The topological polar surface area (TPSA) is 17.1 Å². The Morgan fingerprint density at radius 2 is 1.59 bits per heavy atom. The second-order valence-corrected chi connectivity index (χ2v) is 5.82. The van der Waals surface area contributed by atoms with E-state index in [1.807, 2.05) is 0 Å². The van der Waals surface area contributed by atoms with Crippen LogP contribution in [-0.4, -0.2) is 5.78 Å². The molecular formula is C16H30O. The number of carbonyl (C=O) groups is 1. The minimum atomic E-state index is 0.361. The Kier molecular flexibility index (Phi) is 7.55. The van der Waals surface area contributed by atoms with Crippen LogP contribution in [-0.2, 0) is 4.79 Å². The summed E-state index contributed by atoms with van der Waals surface area (Å²) in [6.45, 7) is 4.40. The monoisotopic (exact) mass is 238 g/mol. The molecule has 1 rings (SSSR count). The van der Waals surface area contributed by atoms with Crippen molar-refractivity contribution in [2.24, 2.45) is 11.8 Å². The number of ketones is 1. The van der Waals surface area contributed by atoms with Gasteiger partial charge in [-0.3, -0.25) is 4.79 Å². The van der Waals surface area contributed by atoms with Crippen molar-refractivity contribution in [1.29, 1.82) is 0 Å². The molecule has 0 radical (unpaired) electrons. The zero-order valence-electron chi connectivity index (χ0n) is 11.8. The van der Waals surface area contributed by atoms with E-state index in [4.69, 9.17) is 0 Å². The van der Waals surface area contributed by atoms with Gasteiger partial charge in [-0.1, -0.05) is 65.2 Å². The molecule has 2 unspecified atom stereocenters. The molecule has 100 valence electrons. The molecule has 0 aromatic carbocycles. The van der Waals surface area contributed by atoms with Crippen molar-refractivity contribution in [3.63, 3.8) is 0 Å². The molecule has 0 aliphatic heterocycles. The average Bonchev–Trinajstić information content (AvgIpc) is 2.64. The highest BCUT2D eigenvalue weighted by Gasteiger charge is 2.29. The molecule has 0 saturated heterocycles. The third-order valence-electron chi connectivity index (χ3n) is 4.40. The molecule has 1 aliphatic carbocycles. The summed E-state index contributed by atoms with van der Waals surface area (Å²) in [5, 5.41) is 0. The van der Waals surface area contributed by atoms with Crippen molar-refractivity contribution in [3.8, 4) is 0 Å². The summed E-state index contributed by atoms with van der Waals surface area (Å²) in [6.07, 6.45) is 14.4. The van der Waals surface area contributed by atoms with E-state index in [1.54, 1.807) is 0 Å². The third kappa shape index (κ3) is 5.70. The molecule has 1 heteroatoms. The van der Waals surface area contributed by atoms with Gasteiger partial charge in [-0.25, -0.2) is 0 Å². The quantitative estimate of drug-likeness (QED) is 0.509. The third-order valence-corrected chi connectivity index (χ3v) is 4.40. The van der Waals surface area contributed by atoms with Crippen LogP contribution in [0.25, 0.3) is 0 Å². The number of hydrogen-bond acceptors (Lipinski definition) is 1. The Morgan fingerprint density at radius 1 is 1.00 bits per heavy atom. The van der Waals surface area contributed by atoms with Gasteiger partial charge in [-0.2, -0.15) is 0 Å². The van der Waals surface area contributed by atoms with Crippen molar-refractivity contribution in [2.75, 3.05) is 0 Å². The number of unbranched alkanes of at least 4 members (excludes halogenated alkanes) is 7. The van der Waals surface area contributed by atoms with Gasteiger partial charge in [0.1, 0.15) is 5.78 Å². The van der Waals surface area contributed by atoms with E-state index < -0.39 is 0 Å². The summed E-state index contributed by atoms with van der Waals surface area (Å²) < 4.78 is 0. The molecule has 0 N–H and O–H groups in total. The van der Waals surface area contributed by atoms with Crippen LogP contribution in [0.1, 0.15) is 84.5 Å². The standard InChI is InChI=1S/C16H30O/c1-3-4-5-6-7-8-9-10-11-15-12-13-16(17)14(15)2/h14-15H,3-13H2,1-2H3. The largest absolute Gasteiger partial charge is 0.299 e. The molecule has 1 saturated carbocycles. The van der Waals surface area contributed by atoms with Crippen LogP contribution in [0.3, 0.4) is 0 Å². The van der Waals surface area contributed by atoms with Gasteiger partial charge in [-0.15, -0.1) is 0 Å². The first-order valence-corrected chi connectivity index (χ1v) is 7.78. The fourth-order valence-electron chi connectivity index (χ4n) is 3.00. The molecule has 0 aromatic heterocycles. The zero-order valence-corrected chi connectivity index (χ0v) is 11.8. The van der Waals surface area contributed by atoms with E-state index >= 15 is 0 Å². The van der Waals surface area contributed by atoms with Crippen LogP contribution in [0.5, 0.6) is 0 Å². The Bertz CT molecular complexity index is 210. The van der Waals surface area contributed by atoms with Crippen LogP contribution in [0.4, 0.5) is 0 Å². The van der Waals surface area contributed by atoms with Gasteiger partial charge >= 0.3 is 0 Å². The first kappa shape index (κ1) is 14.7. The van der Waals surface area contributed by atoms with Gasteiger partial charge in [0.05, 0.1) is 0 Å². The smallest absolute Gasteiger partial charge is 0.135 e.